The summed E-state index contributed by atoms with van der Waals surface area (Å²) in [5, 5.41) is 7.37. The Morgan fingerprint density at radius 3 is 2.64 bits per heavy atom. The molecular formula is C23H32N4O. The highest BCUT2D eigenvalue weighted by Gasteiger charge is 2.40. The number of aryl methyl sites for hydroxylation is 2. The van der Waals surface area contributed by atoms with E-state index in [4.69, 9.17) is 0 Å². The van der Waals surface area contributed by atoms with Gasteiger partial charge in [-0.05, 0) is 70.4 Å². The molecule has 2 aromatic rings. The summed E-state index contributed by atoms with van der Waals surface area (Å²) in [5.41, 5.74) is 5.86. The molecule has 3 aliphatic carbocycles. The van der Waals surface area contributed by atoms with Gasteiger partial charge in [-0.3, -0.25) is 9.89 Å². The minimum absolute atomic E-state index is 0.259. The summed E-state index contributed by atoms with van der Waals surface area (Å²) in [5.74, 6) is 0.259. The topological polar surface area (TPSA) is 53.9 Å². The van der Waals surface area contributed by atoms with Crippen molar-refractivity contribution in [1.29, 1.82) is 0 Å². The van der Waals surface area contributed by atoms with Crippen molar-refractivity contribution in [3.63, 3.8) is 0 Å². The molecule has 2 aromatic heterocycles. The number of aromatic amines is 1. The van der Waals surface area contributed by atoms with E-state index in [0.29, 0.717) is 18.1 Å². The van der Waals surface area contributed by atoms with Crippen molar-refractivity contribution in [2.24, 2.45) is 0 Å². The lowest BCUT2D eigenvalue weighted by Gasteiger charge is -2.34. The molecule has 5 rings (SSSR count). The predicted molar refractivity (Wildman–Crippen MR) is 110 cm³/mol. The fraction of sp³-hybridized carbons (Fsp3) is 0.652. The molecule has 5 nitrogen and oxygen atoms in total. The lowest BCUT2D eigenvalue weighted by molar-refractivity contribution is 0.0641. The molecule has 0 saturated heterocycles. The molecule has 1 atom stereocenters. The Hall–Kier alpha value is -2.04. The summed E-state index contributed by atoms with van der Waals surface area (Å²) in [6.45, 7) is 4.34. The van der Waals surface area contributed by atoms with Crippen LogP contribution in [0.4, 0.5) is 0 Å². The second-order valence-electron chi connectivity index (χ2n) is 9.14. The van der Waals surface area contributed by atoms with E-state index in [2.05, 4.69) is 39.6 Å². The van der Waals surface area contributed by atoms with Gasteiger partial charge < -0.3 is 9.47 Å². The zero-order valence-corrected chi connectivity index (χ0v) is 17.2. The molecule has 0 radical (unpaired) electrons. The van der Waals surface area contributed by atoms with Crippen LogP contribution in [0, 0.1) is 13.8 Å². The third kappa shape index (κ3) is 3.09. The molecule has 2 saturated carbocycles. The van der Waals surface area contributed by atoms with Gasteiger partial charge in [0.25, 0.3) is 5.91 Å². The standard InChI is InChI=1S/C23H32N4O/c1-15-12-21(16(2)26(15)18-6-4-3-5-7-18)23(28)27(19-8-9-19)20-10-11-22-17(13-20)14-24-25-22/h12,14,18-20H,3-11,13H2,1-2H3,(H,24,25). The molecule has 150 valence electrons. The van der Waals surface area contributed by atoms with Crippen molar-refractivity contribution in [2.45, 2.75) is 96.2 Å². The van der Waals surface area contributed by atoms with Gasteiger partial charge >= 0.3 is 0 Å². The molecule has 2 fully saturated rings. The molecule has 0 spiro atoms. The van der Waals surface area contributed by atoms with Gasteiger partial charge in [0.1, 0.15) is 0 Å². The van der Waals surface area contributed by atoms with E-state index >= 15 is 0 Å². The second kappa shape index (κ2) is 7.09. The van der Waals surface area contributed by atoms with Gasteiger partial charge in [0.2, 0.25) is 0 Å². The maximum atomic E-state index is 13.7. The summed E-state index contributed by atoms with van der Waals surface area (Å²) >= 11 is 0. The van der Waals surface area contributed by atoms with E-state index in [9.17, 15) is 4.79 Å². The fourth-order valence-electron chi connectivity index (χ4n) is 5.65. The van der Waals surface area contributed by atoms with Crippen LogP contribution in [0.25, 0.3) is 0 Å². The summed E-state index contributed by atoms with van der Waals surface area (Å²) in [6.07, 6.45) is 13.8. The Morgan fingerprint density at radius 1 is 1.11 bits per heavy atom. The summed E-state index contributed by atoms with van der Waals surface area (Å²) in [4.78, 5) is 16.0. The van der Waals surface area contributed by atoms with Gasteiger partial charge in [-0.15, -0.1) is 0 Å². The fourth-order valence-corrected chi connectivity index (χ4v) is 5.65. The van der Waals surface area contributed by atoms with Gasteiger partial charge in [-0.2, -0.15) is 5.10 Å². The molecule has 1 unspecified atom stereocenters. The van der Waals surface area contributed by atoms with Crippen LogP contribution < -0.4 is 0 Å². The molecule has 5 heteroatoms. The minimum atomic E-state index is 0.259. The monoisotopic (exact) mass is 380 g/mol. The Labute approximate surface area is 167 Å². The quantitative estimate of drug-likeness (QED) is 0.849. The van der Waals surface area contributed by atoms with Crippen molar-refractivity contribution >= 4 is 5.91 Å². The number of amides is 1. The van der Waals surface area contributed by atoms with E-state index in [1.807, 2.05) is 6.20 Å². The van der Waals surface area contributed by atoms with Crippen LogP contribution in [-0.2, 0) is 12.8 Å². The first kappa shape index (κ1) is 18.0. The first-order valence-electron chi connectivity index (χ1n) is 11.2. The molecule has 0 bridgehead atoms. The number of rotatable bonds is 4. The molecule has 0 aromatic carbocycles. The number of aromatic nitrogens is 3. The third-order valence-corrected chi connectivity index (χ3v) is 7.20. The van der Waals surface area contributed by atoms with Crippen LogP contribution in [0.5, 0.6) is 0 Å². The third-order valence-electron chi connectivity index (χ3n) is 7.20. The highest BCUT2D eigenvalue weighted by Crippen LogP contribution is 2.37. The number of nitrogens with zero attached hydrogens (tertiary/aromatic N) is 3. The van der Waals surface area contributed by atoms with Crippen molar-refractivity contribution in [2.75, 3.05) is 0 Å². The molecular weight excluding hydrogens is 348 g/mol. The maximum absolute atomic E-state index is 13.7. The average Bonchev–Trinajstić information content (AvgIpc) is 3.33. The van der Waals surface area contributed by atoms with Crippen molar-refractivity contribution in [3.05, 3.63) is 40.5 Å². The van der Waals surface area contributed by atoms with E-state index in [1.54, 1.807) is 0 Å². The van der Waals surface area contributed by atoms with Crippen LogP contribution >= 0.6 is 0 Å². The normalized spacial score (nSPS) is 22.9. The van der Waals surface area contributed by atoms with Crippen LogP contribution in [0.15, 0.2) is 12.3 Å². The van der Waals surface area contributed by atoms with E-state index in [1.165, 1.54) is 54.7 Å². The highest BCUT2D eigenvalue weighted by molar-refractivity contribution is 5.96. The zero-order valence-electron chi connectivity index (χ0n) is 17.2. The Kier molecular flexibility index (Phi) is 4.56. The first-order chi connectivity index (χ1) is 13.6. The molecule has 0 aliphatic heterocycles. The van der Waals surface area contributed by atoms with Crippen LogP contribution in [0.3, 0.4) is 0 Å². The number of nitrogens with one attached hydrogen (secondary N) is 1. The zero-order chi connectivity index (χ0) is 19.3. The lowest BCUT2D eigenvalue weighted by Crippen LogP contribution is -2.45. The lowest BCUT2D eigenvalue weighted by atomic mass is 9.91. The van der Waals surface area contributed by atoms with Gasteiger partial charge in [-0.1, -0.05) is 19.3 Å². The van der Waals surface area contributed by atoms with E-state index in [-0.39, 0.29) is 5.91 Å². The number of hydrogen-bond donors (Lipinski definition) is 1. The molecule has 3 aliphatic rings. The van der Waals surface area contributed by atoms with Crippen LogP contribution in [-0.4, -0.2) is 37.7 Å². The highest BCUT2D eigenvalue weighted by atomic mass is 16.2. The molecule has 28 heavy (non-hydrogen) atoms. The van der Waals surface area contributed by atoms with Gasteiger partial charge in [0.15, 0.2) is 0 Å². The predicted octanol–water partition coefficient (Wildman–Crippen LogP) is 4.50. The van der Waals surface area contributed by atoms with Crippen LogP contribution in [0.2, 0.25) is 0 Å². The summed E-state index contributed by atoms with van der Waals surface area (Å²) in [7, 11) is 0. The average molecular weight is 381 g/mol. The molecule has 1 amide bonds. The Bertz CT molecular complexity index is 869. The maximum Gasteiger partial charge on any atom is 0.256 e. The number of fused-ring (bicyclic) bond motifs is 1. The SMILES string of the molecule is Cc1cc(C(=O)N(C2CC2)C2CCc3n[nH]cc3C2)c(C)n1C1CCCCC1. The van der Waals surface area contributed by atoms with Crippen LogP contribution in [0.1, 0.15) is 90.4 Å². The smallest absolute Gasteiger partial charge is 0.256 e. The number of H-pyrrole nitrogens is 1. The number of hydrogen-bond acceptors (Lipinski definition) is 2. The number of carbonyl (C=O) groups is 1. The first-order valence-corrected chi connectivity index (χ1v) is 11.2. The van der Waals surface area contributed by atoms with Crippen molar-refractivity contribution in [1.82, 2.24) is 19.7 Å². The second-order valence-corrected chi connectivity index (χ2v) is 9.14. The molecule has 1 N–H and O–H groups in total. The van der Waals surface area contributed by atoms with Gasteiger partial charge in [0, 0.05) is 35.7 Å². The van der Waals surface area contributed by atoms with E-state index in [0.717, 1.165) is 37.7 Å². The summed E-state index contributed by atoms with van der Waals surface area (Å²) < 4.78 is 2.46. The molecule has 2 heterocycles. The van der Waals surface area contributed by atoms with Crippen molar-refractivity contribution < 1.29 is 4.79 Å². The number of carbonyl (C=O) groups excluding carboxylic acids is 1. The largest absolute Gasteiger partial charge is 0.345 e. The van der Waals surface area contributed by atoms with Gasteiger partial charge in [0.05, 0.1) is 11.3 Å². The van der Waals surface area contributed by atoms with E-state index < -0.39 is 0 Å². The minimum Gasteiger partial charge on any atom is -0.345 e. The Balaban J connectivity index is 1.43. The Morgan fingerprint density at radius 2 is 1.89 bits per heavy atom. The van der Waals surface area contributed by atoms with Crippen molar-refractivity contribution in [3.8, 4) is 0 Å². The van der Waals surface area contributed by atoms with Gasteiger partial charge in [-0.25, -0.2) is 0 Å². The summed E-state index contributed by atoms with van der Waals surface area (Å²) in [6, 6.07) is 3.48.